The van der Waals surface area contributed by atoms with Gasteiger partial charge in [-0.25, -0.2) is 0 Å². The van der Waals surface area contributed by atoms with E-state index in [0.717, 1.165) is 5.56 Å². The number of piperidine rings is 1. The maximum Gasteiger partial charge on any atom is 0.291 e. The standard InChI is InChI=1S/C33H30N4O6S/c1-22-13-15-43-31(22)33(42)35-26-7-4-6-23(17-26)11-12-24-16-25(19-34-18-24)32(41)36-44(29-10-3-2-9-28(29)39)21-30(40)37-14-5-8-27(38)20-37/h2-4,6-7,9-10,13,15-19,27,38-39H,5,8,14,20-21H2,1H3,(H,35,42). The maximum atomic E-state index is 13.3. The van der Waals surface area contributed by atoms with Crippen LogP contribution in [-0.4, -0.2) is 62.8 Å². The number of pyridine rings is 1. The number of hydrogen-bond acceptors (Lipinski definition) is 7. The summed E-state index contributed by atoms with van der Waals surface area (Å²) in [5.41, 5.74) is 2.55. The van der Waals surface area contributed by atoms with Crippen molar-refractivity contribution in [2.24, 2.45) is 4.36 Å². The number of carbonyl (C=O) groups excluding carboxylic acids is 3. The summed E-state index contributed by atoms with van der Waals surface area (Å²) in [5.74, 6) is 4.85. The van der Waals surface area contributed by atoms with E-state index in [9.17, 15) is 24.6 Å². The summed E-state index contributed by atoms with van der Waals surface area (Å²) in [6.07, 6.45) is 5.09. The van der Waals surface area contributed by atoms with Crippen molar-refractivity contribution in [2.45, 2.75) is 30.8 Å². The van der Waals surface area contributed by atoms with Gasteiger partial charge in [-0.3, -0.25) is 19.4 Å². The molecule has 2 atom stereocenters. The molecule has 0 radical (unpaired) electrons. The van der Waals surface area contributed by atoms with Crippen LogP contribution in [0.3, 0.4) is 0 Å². The molecule has 1 aliphatic heterocycles. The number of aryl methyl sites for hydroxylation is 1. The topological polar surface area (TPSA) is 145 Å². The van der Waals surface area contributed by atoms with E-state index in [0.29, 0.717) is 41.1 Å². The summed E-state index contributed by atoms with van der Waals surface area (Å²) in [7, 11) is -1.29. The normalized spacial score (nSPS) is 15.2. The van der Waals surface area contributed by atoms with Gasteiger partial charge >= 0.3 is 0 Å². The van der Waals surface area contributed by atoms with E-state index in [1.54, 1.807) is 66.4 Å². The summed E-state index contributed by atoms with van der Waals surface area (Å²) < 4.78 is 9.59. The fraction of sp³-hybridized carbons (Fsp3) is 0.212. The number of phenols is 1. The molecule has 0 aliphatic carbocycles. The SMILES string of the molecule is Cc1ccoc1C(=O)Nc1cccc(C#Cc2cncc(C(=O)N=S(CC(=O)N3CCCC(O)C3)c3ccccc3O)c2)c1. The Labute approximate surface area is 256 Å². The van der Waals surface area contributed by atoms with Crippen molar-refractivity contribution in [3.8, 4) is 17.6 Å². The number of likely N-dealkylation sites (tertiary alicyclic amines) is 1. The van der Waals surface area contributed by atoms with Gasteiger partial charge in [0.2, 0.25) is 5.91 Å². The number of β-amino-alcohol motifs (C(OH)–C–C–N with tert-alkyl or cyclic N) is 1. The van der Waals surface area contributed by atoms with Crippen molar-refractivity contribution >= 4 is 34.1 Å². The highest BCUT2D eigenvalue weighted by molar-refractivity contribution is 7.88. The highest BCUT2D eigenvalue weighted by Gasteiger charge is 2.24. The van der Waals surface area contributed by atoms with Crippen molar-refractivity contribution < 1.29 is 29.0 Å². The minimum absolute atomic E-state index is 0.0608. The second-order valence-corrected chi connectivity index (χ2v) is 11.8. The van der Waals surface area contributed by atoms with Crippen LogP contribution < -0.4 is 5.32 Å². The van der Waals surface area contributed by atoms with E-state index < -0.39 is 22.7 Å². The number of hydrogen-bond donors (Lipinski definition) is 3. The van der Waals surface area contributed by atoms with E-state index in [1.165, 1.54) is 24.7 Å². The molecule has 3 amide bonds. The minimum atomic E-state index is -1.29. The summed E-state index contributed by atoms with van der Waals surface area (Å²) in [5, 5.41) is 23.3. The minimum Gasteiger partial charge on any atom is -0.507 e. The van der Waals surface area contributed by atoms with Crippen LogP contribution in [0.1, 0.15) is 50.4 Å². The Hall–Kier alpha value is -5.05. The van der Waals surface area contributed by atoms with E-state index in [1.807, 2.05) is 0 Å². The van der Waals surface area contributed by atoms with Gasteiger partial charge in [0.15, 0.2) is 5.76 Å². The first-order valence-corrected chi connectivity index (χ1v) is 15.3. The fourth-order valence-electron chi connectivity index (χ4n) is 4.60. The zero-order chi connectivity index (χ0) is 31.1. The molecule has 1 aliphatic rings. The second-order valence-electron chi connectivity index (χ2n) is 10.2. The summed E-state index contributed by atoms with van der Waals surface area (Å²) in [6, 6.07) is 16.8. The molecular weight excluding hydrogens is 580 g/mol. The number of anilines is 1. The third-order valence-corrected chi connectivity index (χ3v) is 8.61. The number of aromatic nitrogens is 1. The Morgan fingerprint density at radius 2 is 1.91 bits per heavy atom. The molecule has 2 aromatic heterocycles. The second kappa shape index (κ2) is 13.9. The van der Waals surface area contributed by atoms with Crippen molar-refractivity contribution in [1.29, 1.82) is 0 Å². The Kier molecular flexibility index (Phi) is 9.64. The average molecular weight is 611 g/mol. The van der Waals surface area contributed by atoms with Gasteiger partial charge in [0.1, 0.15) is 5.75 Å². The molecule has 3 heterocycles. The molecule has 2 aromatic carbocycles. The number of rotatable bonds is 6. The van der Waals surface area contributed by atoms with Crippen LogP contribution in [-0.2, 0) is 15.5 Å². The largest absolute Gasteiger partial charge is 0.507 e. The third-order valence-electron chi connectivity index (χ3n) is 6.85. The smallest absolute Gasteiger partial charge is 0.291 e. The number of amides is 3. The molecule has 1 saturated heterocycles. The number of phenolic OH excluding ortho intramolecular Hbond substituents is 1. The molecule has 44 heavy (non-hydrogen) atoms. The van der Waals surface area contributed by atoms with Crippen LogP contribution in [0, 0.1) is 18.8 Å². The Morgan fingerprint density at radius 1 is 1.09 bits per heavy atom. The van der Waals surface area contributed by atoms with Gasteiger partial charge in [-0.05, 0) is 72.9 Å². The fourth-order valence-corrected chi connectivity index (χ4v) is 6.18. The quantitative estimate of drug-likeness (QED) is 0.276. The zero-order valence-corrected chi connectivity index (χ0v) is 24.7. The molecule has 5 rings (SSSR count). The van der Waals surface area contributed by atoms with Gasteiger partial charge in [0.25, 0.3) is 11.8 Å². The lowest BCUT2D eigenvalue weighted by molar-refractivity contribution is -0.131. The van der Waals surface area contributed by atoms with E-state index in [4.69, 9.17) is 4.42 Å². The molecule has 224 valence electrons. The molecule has 4 aromatic rings. The van der Waals surface area contributed by atoms with Crippen molar-refractivity contribution in [2.75, 3.05) is 24.2 Å². The number of nitrogens with one attached hydrogen (secondary N) is 1. The van der Waals surface area contributed by atoms with Crippen LogP contribution in [0.25, 0.3) is 0 Å². The molecule has 1 fully saturated rings. The monoisotopic (exact) mass is 610 g/mol. The van der Waals surface area contributed by atoms with Crippen LogP contribution in [0.5, 0.6) is 5.75 Å². The maximum absolute atomic E-state index is 13.3. The van der Waals surface area contributed by atoms with Crippen LogP contribution >= 0.6 is 0 Å². The van der Waals surface area contributed by atoms with Gasteiger partial charge in [0.05, 0.1) is 28.6 Å². The third kappa shape index (κ3) is 7.66. The molecule has 0 spiro atoms. The number of aromatic hydroxyl groups is 1. The Bertz CT molecular complexity index is 1800. The summed E-state index contributed by atoms with van der Waals surface area (Å²) in [4.78, 5) is 45.0. The number of furan rings is 1. The van der Waals surface area contributed by atoms with Crippen LogP contribution in [0.15, 0.2) is 93.0 Å². The summed E-state index contributed by atoms with van der Waals surface area (Å²) >= 11 is 0. The van der Waals surface area contributed by atoms with E-state index in [2.05, 4.69) is 26.5 Å². The molecule has 0 saturated carbocycles. The number of benzene rings is 2. The number of carbonyl (C=O) groups is 3. The van der Waals surface area contributed by atoms with E-state index in [-0.39, 0.29) is 41.2 Å². The first-order chi connectivity index (χ1) is 21.3. The van der Waals surface area contributed by atoms with Gasteiger partial charge in [-0.2, -0.15) is 4.36 Å². The number of aliphatic hydroxyl groups is 1. The molecule has 3 N–H and O–H groups in total. The number of para-hydroxylation sites is 1. The predicted molar refractivity (Wildman–Crippen MR) is 165 cm³/mol. The lowest BCUT2D eigenvalue weighted by atomic mass is 10.1. The predicted octanol–water partition coefficient (Wildman–Crippen LogP) is 4.33. The lowest BCUT2D eigenvalue weighted by Crippen LogP contribution is -2.44. The lowest BCUT2D eigenvalue weighted by Gasteiger charge is -2.30. The Morgan fingerprint density at radius 3 is 2.68 bits per heavy atom. The molecule has 0 bridgehead atoms. The summed E-state index contributed by atoms with van der Waals surface area (Å²) in [6.45, 7) is 2.54. The van der Waals surface area contributed by atoms with Crippen LogP contribution in [0.4, 0.5) is 5.69 Å². The van der Waals surface area contributed by atoms with E-state index >= 15 is 0 Å². The molecule has 2 unspecified atom stereocenters. The highest BCUT2D eigenvalue weighted by atomic mass is 32.2. The van der Waals surface area contributed by atoms with Gasteiger partial charge < -0.3 is 24.8 Å². The molecule has 10 nitrogen and oxygen atoms in total. The highest BCUT2D eigenvalue weighted by Crippen LogP contribution is 2.23. The van der Waals surface area contributed by atoms with Gasteiger partial charge in [-0.15, -0.1) is 0 Å². The van der Waals surface area contributed by atoms with Gasteiger partial charge in [0, 0.05) is 47.9 Å². The molecule has 11 heteroatoms. The molecular formula is C33H30N4O6S. The van der Waals surface area contributed by atoms with Gasteiger partial charge in [-0.1, -0.05) is 30.0 Å². The van der Waals surface area contributed by atoms with Crippen molar-refractivity contribution in [3.05, 3.63) is 107 Å². The first kappa shape index (κ1) is 30.4. The number of aliphatic hydroxyl groups excluding tert-OH is 1. The van der Waals surface area contributed by atoms with Crippen LogP contribution in [0.2, 0.25) is 0 Å². The number of nitrogens with zero attached hydrogens (tertiary/aromatic N) is 3. The average Bonchev–Trinajstić information content (AvgIpc) is 3.46. The first-order valence-electron chi connectivity index (χ1n) is 13.9. The zero-order valence-electron chi connectivity index (χ0n) is 23.9. The van der Waals surface area contributed by atoms with Crippen molar-refractivity contribution in [3.63, 3.8) is 0 Å². The van der Waals surface area contributed by atoms with Crippen molar-refractivity contribution in [1.82, 2.24) is 9.88 Å². The Balaban J connectivity index is 1.35.